The minimum absolute atomic E-state index is 0. The molecule has 6 N–H and O–H groups in total. The quantitative estimate of drug-likeness (QED) is 0.474. The van der Waals surface area contributed by atoms with Gasteiger partial charge in [-0.1, -0.05) is 0 Å². The smallest absolute Gasteiger partial charge is 0 e. The summed E-state index contributed by atoms with van der Waals surface area (Å²) in [5.74, 6) is 0. The van der Waals surface area contributed by atoms with Gasteiger partial charge in [-0.15, -0.1) is 0 Å². The molecule has 0 rings (SSSR count). The fourth-order valence-corrected chi connectivity index (χ4v) is 0. The van der Waals surface area contributed by atoms with E-state index >= 15 is 0 Å². The molecule has 0 saturated heterocycles. The maximum absolute atomic E-state index is 0. The van der Waals surface area contributed by atoms with Crippen molar-refractivity contribution in [2.45, 2.75) is 0 Å². The van der Waals surface area contributed by atoms with Crippen molar-refractivity contribution in [2.75, 3.05) is 0 Å². The van der Waals surface area contributed by atoms with E-state index in [4.69, 9.17) is 0 Å². The van der Waals surface area contributed by atoms with Gasteiger partial charge in [-0.3, -0.25) is 0 Å². The molecule has 4 heteroatoms. The normalized spacial score (nSPS) is 0. The van der Waals surface area contributed by atoms with Gasteiger partial charge in [-0.05, 0) is 0 Å². The van der Waals surface area contributed by atoms with Gasteiger partial charge in [0.25, 0.3) is 0 Å². The third-order valence-electron chi connectivity index (χ3n) is 0. The molecule has 0 spiro atoms. The van der Waals surface area contributed by atoms with E-state index in [1.54, 1.807) is 0 Å². The number of rotatable bonds is 0. The molecule has 0 aromatic carbocycles. The van der Waals surface area contributed by atoms with Gasteiger partial charge in [-0.25, -0.2) is 0 Å². The third-order valence-corrected chi connectivity index (χ3v) is 0. The van der Waals surface area contributed by atoms with Crippen LogP contribution in [-0.4, -0.2) is 16.4 Å². The summed E-state index contributed by atoms with van der Waals surface area (Å²) in [5, 5.41) is 0. The standard InChI is InChI=1S/Cm.3H2O/h;3*1H2. The zero-order valence-corrected chi connectivity index (χ0v) is 4.80. The first-order valence-electron chi connectivity index (χ1n) is 0. The Kier molecular flexibility index (Phi) is 2.35. The second-order valence-corrected chi connectivity index (χ2v) is 0. The summed E-state index contributed by atoms with van der Waals surface area (Å²) in [5.41, 5.74) is 0. The Bertz CT molecular complexity index is 3.25. The molecular formula is H6CmO3. The molecule has 32 valence electrons. The second-order valence-electron chi connectivity index (χ2n) is 0. The summed E-state index contributed by atoms with van der Waals surface area (Å²) in [6, 6.07) is 0. The van der Waals surface area contributed by atoms with Gasteiger partial charge in [0, 0.05) is 0 Å². The minimum Gasteiger partial charge on any atom is -0.412 e. The average molecular weight is 301 g/mol. The zero-order valence-electron chi connectivity index (χ0n) is 1.85. The molecular weight excluding hydrogens is 295 g/mol. The van der Waals surface area contributed by atoms with Crippen LogP contribution in [-0.2, 0) is 0 Å². The molecule has 0 aliphatic carbocycles. The van der Waals surface area contributed by atoms with Crippen molar-refractivity contribution in [3.63, 3.8) is 0 Å². The Morgan fingerprint density at radius 2 is 0.500 bits per heavy atom. The Hall–Kier alpha value is -1.12. The molecule has 0 aliphatic rings. The molecule has 0 saturated carbocycles. The van der Waals surface area contributed by atoms with Gasteiger partial charge in [0.15, 0.2) is 0 Å². The first-order chi connectivity index (χ1) is 0. The van der Waals surface area contributed by atoms with Crippen molar-refractivity contribution in [2.24, 2.45) is 0 Å². The topological polar surface area (TPSA) is 94.5 Å². The van der Waals surface area contributed by atoms with Gasteiger partial charge >= 0.3 is 0 Å². The van der Waals surface area contributed by atoms with Crippen LogP contribution >= 0.6 is 0 Å². The van der Waals surface area contributed by atoms with Crippen molar-refractivity contribution < 1.29 is 16.4 Å². The van der Waals surface area contributed by atoms with Crippen molar-refractivity contribution in [3.05, 3.63) is 0 Å². The van der Waals surface area contributed by atoms with E-state index in [1.807, 2.05) is 0 Å². The molecule has 4 heavy (non-hydrogen) atoms. The Morgan fingerprint density at radius 1 is 0.500 bits per heavy atom. The second kappa shape index (κ2) is 1.16. The van der Waals surface area contributed by atoms with Crippen LogP contribution in [0.3, 0.4) is 0 Å². The van der Waals surface area contributed by atoms with Crippen LogP contribution in [0, 0.1) is 0 Å². The van der Waals surface area contributed by atoms with E-state index in [0.717, 1.165) is 0 Å². The molecule has 0 fully saturated rings. The molecule has 0 radical (unpaired) electrons. The first kappa shape index (κ1) is 8.11. The van der Waals surface area contributed by atoms with Gasteiger partial charge < -0.3 is 16.4 Å². The fraction of sp³-hybridized carbons (Fsp3) is 0. The molecule has 3 nitrogen and oxygen atoms in total. The van der Waals surface area contributed by atoms with Crippen LogP contribution in [0.4, 0.5) is 0 Å². The summed E-state index contributed by atoms with van der Waals surface area (Å²) >= 11 is 0. The summed E-state index contributed by atoms with van der Waals surface area (Å²) in [4.78, 5) is 0. The van der Waals surface area contributed by atoms with E-state index < -0.39 is 0 Å². The molecule has 0 unspecified atom stereocenters. The van der Waals surface area contributed by atoms with Crippen LogP contribution in [0.25, 0.3) is 0 Å². The Labute approximate surface area is 17.8 Å². The van der Waals surface area contributed by atoms with Gasteiger partial charge in [-0.2, -0.15) is 0 Å². The largest absolute Gasteiger partial charge is 0.412 e. The van der Waals surface area contributed by atoms with Gasteiger partial charge in [0.05, 0.1) is 0 Å². The van der Waals surface area contributed by atoms with E-state index in [0.29, 0.717) is 0 Å². The monoisotopic (exact) mass is 297 g/mol. The van der Waals surface area contributed by atoms with E-state index in [2.05, 4.69) is 0 Å². The van der Waals surface area contributed by atoms with Crippen molar-refractivity contribution in [1.82, 2.24) is 0 Å². The summed E-state index contributed by atoms with van der Waals surface area (Å²) < 4.78 is 0. The van der Waals surface area contributed by atoms with Crippen molar-refractivity contribution >= 4 is 0 Å². The van der Waals surface area contributed by atoms with Crippen LogP contribution in [0.1, 0.15) is 0 Å². The molecule has 0 aromatic rings. The molecule has 0 aromatic heterocycles. The summed E-state index contributed by atoms with van der Waals surface area (Å²) in [6.45, 7) is 0. The molecule has 0 amide bonds. The van der Waals surface area contributed by atoms with Crippen LogP contribution in [0.2, 0.25) is 0 Å². The van der Waals surface area contributed by atoms with Gasteiger partial charge in [0.2, 0.25) is 0 Å². The number of hydrogen-bond acceptors (Lipinski definition) is 0. The SMILES string of the molecule is O.O.O.[Cm]. The van der Waals surface area contributed by atoms with E-state index in [9.17, 15) is 0 Å². The third kappa shape index (κ3) is 0.0101. The summed E-state index contributed by atoms with van der Waals surface area (Å²) in [7, 11) is 0. The molecule has 0 atom stereocenters. The van der Waals surface area contributed by atoms with Crippen LogP contribution in [0.15, 0.2) is 0 Å². The van der Waals surface area contributed by atoms with Crippen molar-refractivity contribution in [3.8, 4) is 0 Å². The molecule has 0 bridgehead atoms. The minimum atomic E-state index is 0. The Balaban J connectivity index is 0. The predicted molar refractivity (Wildman–Crippen MR) is 10.8 cm³/mol. The summed E-state index contributed by atoms with van der Waals surface area (Å²) in [6.07, 6.45) is 0. The van der Waals surface area contributed by atoms with E-state index in [-0.39, 0.29) is 16.4 Å². The number of hydrogen-bond donors (Lipinski definition) is 0. The molecule has 0 aliphatic heterocycles. The van der Waals surface area contributed by atoms with Crippen LogP contribution in [0.5, 0.6) is 0 Å². The Morgan fingerprint density at radius 3 is 0.500 bits per heavy atom. The van der Waals surface area contributed by atoms with Crippen molar-refractivity contribution in [1.29, 1.82) is 0 Å². The maximum Gasteiger partial charge on any atom is 0 e. The molecule has 0 heterocycles. The average Bonchev–Trinajstić information content (AvgIpc) is 0. The fourth-order valence-electron chi connectivity index (χ4n) is 0. The maximum atomic E-state index is 0. The van der Waals surface area contributed by atoms with Crippen LogP contribution < -0.4 is 0 Å². The van der Waals surface area contributed by atoms with Gasteiger partial charge in [0.1, 0.15) is 0 Å². The first-order valence-corrected chi connectivity index (χ1v) is 0. The van der Waals surface area contributed by atoms with E-state index in [1.165, 1.54) is 0 Å². The zero-order chi connectivity index (χ0) is 0. The predicted octanol–water partition coefficient (Wildman–Crippen LogP) is -2.47.